The van der Waals surface area contributed by atoms with E-state index < -0.39 is 30.1 Å². The van der Waals surface area contributed by atoms with Gasteiger partial charge in [-0.1, -0.05) is 75.7 Å². The summed E-state index contributed by atoms with van der Waals surface area (Å²) in [6.45, 7) is 5.70. The summed E-state index contributed by atoms with van der Waals surface area (Å²) in [5.74, 6) is -1.70. The zero-order chi connectivity index (χ0) is 24.0. The van der Waals surface area contributed by atoms with Gasteiger partial charge in [0.2, 0.25) is 5.91 Å². The second kappa shape index (κ2) is 11.0. The number of benzene rings is 2. The van der Waals surface area contributed by atoms with Crippen molar-refractivity contribution >= 4 is 18.0 Å². The van der Waals surface area contributed by atoms with E-state index in [1.54, 1.807) is 6.92 Å². The SMILES string of the molecule is CCC(C)C(NC(=O)C[C@H](CC)NC(=O)OCC1c2ccccc2-c2ccccc21)C(=O)O. The van der Waals surface area contributed by atoms with Crippen LogP contribution in [0.2, 0.25) is 0 Å². The molecule has 1 aliphatic rings. The minimum absolute atomic E-state index is 0.0130. The fraction of sp³-hybridized carbons (Fsp3) is 0.423. The van der Waals surface area contributed by atoms with Crippen LogP contribution in [0.3, 0.4) is 0 Å². The molecule has 3 rings (SSSR count). The Kier molecular flexibility index (Phi) is 8.09. The molecular weight excluding hydrogens is 420 g/mol. The maximum Gasteiger partial charge on any atom is 0.407 e. The van der Waals surface area contributed by atoms with Crippen molar-refractivity contribution in [3.8, 4) is 11.1 Å². The Balaban J connectivity index is 1.57. The molecular formula is C26H32N2O5. The number of rotatable bonds is 10. The highest BCUT2D eigenvalue weighted by Gasteiger charge is 2.30. The maximum absolute atomic E-state index is 12.5. The second-order valence-corrected chi connectivity index (χ2v) is 8.55. The van der Waals surface area contributed by atoms with Gasteiger partial charge in [-0.15, -0.1) is 0 Å². The molecule has 2 amide bonds. The molecule has 0 fully saturated rings. The Morgan fingerprint density at radius 1 is 0.939 bits per heavy atom. The average molecular weight is 453 g/mol. The van der Waals surface area contributed by atoms with E-state index in [-0.39, 0.29) is 24.9 Å². The quantitative estimate of drug-likeness (QED) is 0.498. The number of amides is 2. The molecule has 0 heterocycles. The fourth-order valence-corrected chi connectivity index (χ4v) is 4.24. The summed E-state index contributed by atoms with van der Waals surface area (Å²) in [4.78, 5) is 36.4. The maximum atomic E-state index is 12.5. The lowest BCUT2D eigenvalue weighted by atomic mass is 9.98. The number of carbonyl (C=O) groups excluding carboxylic acids is 2. The standard InChI is InChI=1S/C26H32N2O5/c1-4-16(3)24(25(30)31)28-23(29)14-17(5-2)27-26(32)33-15-22-20-12-8-6-10-18(20)19-11-7-9-13-21(19)22/h6-13,16-17,22,24H,4-5,14-15H2,1-3H3,(H,27,32)(H,28,29)(H,30,31)/t16?,17-,24?/m0/s1. The van der Waals surface area contributed by atoms with Gasteiger partial charge in [0, 0.05) is 18.4 Å². The lowest BCUT2D eigenvalue weighted by Gasteiger charge is -2.22. The van der Waals surface area contributed by atoms with Gasteiger partial charge >= 0.3 is 12.1 Å². The Hall–Kier alpha value is -3.35. The summed E-state index contributed by atoms with van der Waals surface area (Å²) in [6.07, 6.45) is 0.541. The smallest absolute Gasteiger partial charge is 0.407 e. The first kappa shape index (κ1) is 24.3. The van der Waals surface area contributed by atoms with E-state index in [4.69, 9.17) is 4.74 Å². The number of alkyl carbamates (subject to hydrolysis) is 1. The Morgan fingerprint density at radius 2 is 1.52 bits per heavy atom. The zero-order valence-corrected chi connectivity index (χ0v) is 19.3. The van der Waals surface area contributed by atoms with Crippen LogP contribution in [0.4, 0.5) is 4.79 Å². The van der Waals surface area contributed by atoms with Crippen molar-refractivity contribution in [3.63, 3.8) is 0 Å². The van der Waals surface area contributed by atoms with E-state index in [1.807, 2.05) is 38.1 Å². The Labute approximate surface area is 194 Å². The first-order chi connectivity index (χ1) is 15.8. The van der Waals surface area contributed by atoms with Crippen molar-refractivity contribution in [1.29, 1.82) is 0 Å². The lowest BCUT2D eigenvalue weighted by molar-refractivity contribution is -0.143. The monoisotopic (exact) mass is 452 g/mol. The van der Waals surface area contributed by atoms with E-state index in [9.17, 15) is 19.5 Å². The van der Waals surface area contributed by atoms with Crippen molar-refractivity contribution in [1.82, 2.24) is 10.6 Å². The van der Waals surface area contributed by atoms with Crippen molar-refractivity contribution in [2.75, 3.05) is 6.61 Å². The Bertz CT molecular complexity index is 960. The summed E-state index contributed by atoms with van der Waals surface area (Å²) in [5.41, 5.74) is 4.56. The number of carboxylic acids is 1. The third-order valence-electron chi connectivity index (χ3n) is 6.39. The van der Waals surface area contributed by atoms with Crippen LogP contribution in [0, 0.1) is 5.92 Å². The number of fused-ring (bicyclic) bond motifs is 3. The van der Waals surface area contributed by atoms with E-state index in [1.165, 1.54) is 0 Å². The molecule has 0 aromatic heterocycles. The number of carboxylic acid groups (broad SMARTS) is 1. The third-order valence-corrected chi connectivity index (χ3v) is 6.39. The molecule has 0 bridgehead atoms. The number of ether oxygens (including phenoxy) is 1. The van der Waals surface area contributed by atoms with Gasteiger partial charge in [-0.2, -0.15) is 0 Å². The van der Waals surface area contributed by atoms with Crippen molar-refractivity contribution in [3.05, 3.63) is 59.7 Å². The molecule has 2 unspecified atom stereocenters. The van der Waals surface area contributed by atoms with E-state index in [0.29, 0.717) is 12.8 Å². The fourth-order valence-electron chi connectivity index (χ4n) is 4.24. The number of hydrogen-bond acceptors (Lipinski definition) is 4. The minimum Gasteiger partial charge on any atom is -0.480 e. The van der Waals surface area contributed by atoms with Gasteiger partial charge in [-0.3, -0.25) is 4.79 Å². The van der Waals surface area contributed by atoms with Crippen molar-refractivity contribution in [2.45, 2.75) is 58.0 Å². The van der Waals surface area contributed by atoms with Gasteiger partial charge in [0.15, 0.2) is 0 Å². The van der Waals surface area contributed by atoms with Gasteiger partial charge in [-0.25, -0.2) is 9.59 Å². The molecule has 0 spiro atoms. The zero-order valence-electron chi connectivity index (χ0n) is 19.3. The molecule has 3 N–H and O–H groups in total. The molecule has 7 nitrogen and oxygen atoms in total. The molecule has 0 aliphatic heterocycles. The highest BCUT2D eigenvalue weighted by Crippen LogP contribution is 2.44. The molecule has 176 valence electrons. The summed E-state index contributed by atoms with van der Waals surface area (Å²) < 4.78 is 5.55. The van der Waals surface area contributed by atoms with E-state index >= 15 is 0 Å². The van der Waals surface area contributed by atoms with Crippen molar-refractivity contribution < 1.29 is 24.2 Å². The number of nitrogens with one attached hydrogen (secondary N) is 2. The number of carbonyl (C=O) groups is 3. The van der Waals surface area contributed by atoms with Gasteiger partial charge in [0.05, 0.1) is 0 Å². The Morgan fingerprint density at radius 3 is 2.03 bits per heavy atom. The largest absolute Gasteiger partial charge is 0.480 e. The summed E-state index contributed by atoms with van der Waals surface area (Å²) in [5, 5.41) is 14.7. The molecule has 3 atom stereocenters. The average Bonchev–Trinajstić information content (AvgIpc) is 3.13. The van der Waals surface area contributed by atoms with E-state index in [0.717, 1.165) is 22.3 Å². The molecule has 2 aromatic rings. The van der Waals surface area contributed by atoms with Crippen LogP contribution >= 0.6 is 0 Å². The van der Waals surface area contributed by atoms with Crippen LogP contribution in [-0.2, 0) is 14.3 Å². The van der Waals surface area contributed by atoms with Gasteiger partial charge in [-0.05, 0) is 34.6 Å². The normalized spacial score (nSPS) is 15.0. The predicted molar refractivity (Wildman–Crippen MR) is 126 cm³/mol. The van der Waals surface area contributed by atoms with Gasteiger partial charge in [0.25, 0.3) is 0 Å². The van der Waals surface area contributed by atoms with Crippen LogP contribution in [0.1, 0.15) is 57.1 Å². The van der Waals surface area contributed by atoms with Crippen LogP contribution < -0.4 is 10.6 Å². The van der Waals surface area contributed by atoms with Crippen LogP contribution in [0.5, 0.6) is 0 Å². The first-order valence-electron chi connectivity index (χ1n) is 11.5. The third kappa shape index (κ3) is 5.72. The van der Waals surface area contributed by atoms with E-state index in [2.05, 4.69) is 34.9 Å². The number of aliphatic carboxylic acids is 1. The topological polar surface area (TPSA) is 105 Å². The molecule has 0 radical (unpaired) electrons. The van der Waals surface area contributed by atoms with Gasteiger partial charge < -0.3 is 20.5 Å². The second-order valence-electron chi connectivity index (χ2n) is 8.55. The number of hydrogen-bond donors (Lipinski definition) is 3. The molecule has 0 saturated carbocycles. The molecule has 2 aromatic carbocycles. The summed E-state index contributed by atoms with van der Waals surface area (Å²) in [7, 11) is 0. The summed E-state index contributed by atoms with van der Waals surface area (Å²) >= 11 is 0. The molecule has 1 aliphatic carbocycles. The molecule has 33 heavy (non-hydrogen) atoms. The van der Waals surface area contributed by atoms with Crippen molar-refractivity contribution in [2.24, 2.45) is 5.92 Å². The van der Waals surface area contributed by atoms with Gasteiger partial charge in [0.1, 0.15) is 12.6 Å². The molecule has 0 saturated heterocycles. The predicted octanol–water partition coefficient (Wildman–Crippen LogP) is 4.31. The molecule has 7 heteroatoms. The van der Waals surface area contributed by atoms with Crippen LogP contribution in [0.15, 0.2) is 48.5 Å². The minimum atomic E-state index is -1.06. The lowest BCUT2D eigenvalue weighted by Crippen LogP contribution is -2.47. The summed E-state index contributed by atoms with van der Waals surface area (Å²) in [6, 6.07) is 14.8. The first-order valence-corrected chi connectivity index (χ1v) is 11.5. The van der Waals surface area contributed by atoms with Crippen LogP contribution in [-0.4, -0.2) is 41.8 Å². The highest BCUT2D eigenvalue weighted by molar-refractivity contribution is 5.84. The highest BCUT2D eigenvalue weighted by atomic mass is 16.5. The van der Waals surface area contributed by atoms with Crippen LogP contribution in [0.25, 0.3) is 11.1 Å².